The highest BCUT2D eigenvalue weighted by Gasteiger charge is 2.21. The van der Waals surface area contributed by atoms with Gasteiger partial charge in [-0.3, -0.25) is 9.78 Å². The molecule has 3 aromatic carbocycles. The fourth-order valence-corrected chi connectivity index (χ4v) is 4.49. The number of aromatic nitrogens is 1. The van der Waals surface area contributed by atoms with E-state index in [0.717, 1.165) is 12.1 Å². The van der Waals surface area contributed by atoms with Crippen molar-refractivity contribution in [2.24, 2.45) is 0 Å². The lowest BCUT2D eigenvalue weighted by Crippen LogP contribution is -2.18. The van der Waals surface area contributed by atoms with E-state index in [2.05, 4.69) is 32.9 Å². The van der Waals surface area contributed by atoms with Gasteiger partial charge < -0.3 is 25.4 Å². The van der Waals surface area contributed by atoms with Crippen molar-refractivity contribution in [2.75, 3.05) is 30.4 Å². The lowest BCUT2D eigenvalue weighted by Gasteiger charge is -2.18. The van der Waals surface area contributed by atoms with Gasteiger partial charge in [0.25, 0.3) is 0 Å². The van der Waals surface area contributed by atoms with Crippen molar-refractivity contribution in [1.29, 1.82) is 5.26 Å². The van der Waals surface area contributed by atoms with Gasteiger partial charge in [0.1, 0.15) is 17.9 Å². The average Bonchev–Trinajstić information content (AvgIpc) is 3.51. The van der Waals surface area contributed by atoms with Gasteiger partial charge in [0.2, 0.25) is 5.91 Å². The minimum absolute atomic E-state index is 0.136. The molecule has 41 heavy (non-hydrogen) atoms. The van der Waals surface area contributed by atoms with Crippen LogP contribution in [0.15, 0.2) is 85.1 Å². The molecule has 0 saturated carbocycles. The lowest BCUT2D eigenvalue weighted by atomic mass is 10.1. The molecular weight excluding hydrogens is 514 g/mol. The number of fused-ring (bicyclic) bond motifs is 1. The van der Waals surface area contributed by atoms with E-state index in [1.54, 1.807) is 18.2 Å². The van der Waals surface area contributed by atoms with Crippen molar-refractivity contribution in [3.8, 4) is 24.2 Å². The molecule has 5 rings (SSSR count). The highest BCUT2D eigenvalue weighted by Crippen LogP contribution is 2.37. The molecule has 1 aliphatic heterocycles. The van der Waals surface area contributed by atoms with Crippen LogP contribution in [0.1, 0.15) is 23.1 Å². The molecule has 1 aliphatic rings. The van der Waals surface area contributed by atoms with E-state index in [-0.39, 0.29) is 12.0 Å². The number of hydrogen-bond donors (Lipinski definition) is 3. The Bertz CT molecular complexity index is 1650. The summed E-state index contributed by atoms with van der Waals surface area (Å²) in [6.07, 6.45) is 11.0. The first-order valence-corrected chi connectivity index (χ1v) is 13.3. The number of carbonyl (C=O) groups excluding carboxylic acids is 1. The third-order valence-electron chi connectivity index (χ3n) is 6.53. The van der Waals surface area contributed by atoms with Gasteiger partial charge in [-0.25, -0.2) is 0 Å². The van der Waals surface area contributed by atoms with Gasteiger partial charge >= 0.3 is 0 Å². The predicted octanol–water partition coefficient (Wildman–Crippen LogP) is 5.28. The van der Waals surface area contributed by atoms with Gasteiger partial charge in [-0.15, -0.1) is 6.42 Å². The summed E-state index contributed by atoms with van der Waals surface area (Å²) in [5.41, 5.74) is 4.58. The molecule has 0 aliphatic carbocycles. The van der Waals surface area contributed by atoms with Crippen molar-refractivity contribution < 1.29 is 14.3 Å². The van der Waals surface area contributed by atoms with E-state index in [9.17, 15) is 10.1 Å². The van der Waals surface area contributed by atoms with E-state index in [0.29, 0.717) is 65.5 Å². The van der Waals surface area contributed by atoms with Gasteiger partial charge in [0.05, 0.1) is 35.7 Å². The van der Waals surface area contributed by atoms with Crippen LogP contribution in [0.4, 0.5) is 17.1 Å². The predicted molar refractivity (Wildman–Crippen MR) is 160 cm³/mol. The minimum atomic E-state index is -0.306. The summed E-state index contributed by atoms with van der Waals surface area (Å²) in [6.45, 7) is 2.32. The molecule has 0 bridgehead atoms. The number of pyridine rings is 1. The number of rotatable bonds is 10. The van der Waals surface area contributed by atoms with Crippen LogP contribution in [0.3, 0.4) is 0 Å². The van der Waals surface area contributed by atoms with Gasteiger partial charge in [0, 0.05) is 54.5 Å². The maximum Gasteiger partial charge on any atom is 0.248 e. The molecule has 0 radical (unpaired) electrons. The smallest absolute Gasteiger partial charge is 0.248 e. The molecule has 1 saturated heterocycles. The van der Waals surface area contributed by atoms with Gasteiger partial charge in [0.15, 0.2) is 0 Å². The number of hydrogen-bond acceptors (Lipinski definition) is 7. The average molecular weight is 544 g/mol. The molecule has 8 heteroatoms. The second kappa shape index (κ2) is 13.3. The topological polar surface area (TPSA) is 108 Å². The minimum Gasteiger partial charge on any atom is -0.486 e. The summed E-state index contributed by atoms with van der Waals surface area (Å²) < 4.78 is 11.7. The van der Waals surface area contributed by atoms with E-state index < -0.39 is 0 Å². The van der Waals surface area contributed by atoms with Crippen LogP contribution in [0, 0.1) is 23.7 Å². The number of amides is 1. The summed E-state index contributed by atoms with van der Waals surface area (Å²) in [5.74, 6) is 2.80. The number of nitrogens with zero attached hydrogens (tertiary/aromatic N) is 2. The Morgan fingerprint density at radius 1 is 1.17 bits per heavy atom. The zero-order valence-electron chi connectivity index (χ0n) is 22.4. The number of nitriles is 1. The maximum atomic E-state index is 12.9. The molecule has 2 heterocycles. The third kappa shape index (κ3) is 7.09. The Morgan fingerprint density at radius 3 is 2.83 bits per heavy atom. The molecule has 1 fully saturated rings. The number of benzene rings is 3. The van der Waals surface area contributed by atoms with Gasteiger partial charge in [-0.2, -0.15) is 5.26 Å². The number of nitrogens with one attached hydrogen (secondary N) is 3. The first-order valence-electron chi connectivity index (χ1n) is 13.3. The van der Waals surface area contributed by atoms with E-state index >= 15 is 0 Å². The van der Waals surface area contributed by atoms with Crippen LogP contribution in [0.5, 0.6) is 5.75 Å². The monoisotopic (exact) mass is 543 g/mol. The van der Waals surface area contributed by atoms with Crippen LogP contribution in [-0.2, 0) is 16.1 Å². The van der Waals surface area contributed by atoms with Crippen molar-refractivity contribution in [3.63, 3.8) is 0 Å². The summed E-state index contributed by atoms with van der Waals surface area (Å²) in [4.78, 5) is 17.4. The molecule has 1 unspecified atom stereocenters. The SMILES string of the molecule is C#Cc1cccc(Nc2c(C#N)cnc3cc(OC4CCOC4)c(NC(=O)/C=C/CNCc4ccccc4)cc23)c1. The molecule has 4 aromatic rings. The van der Waals surface area contributed by atoms with Crippen molar-refractivity contribution in [2.45, 2.75) is 19.1 Å². The Balaban J connectivity index is 1.41. The quantitative estimate of drug-likeness (QED) is 0.142. The summed E-state index contributed by atoms with van der Waals surface area (Å²) in [6, 6.07) is 23.2. The number of terminal acetylenes is 1. The molecular formula is C33H29N5O3. The first kappa shape index (κ1) is 27.4. The summed E-state index contributed by atoms with van der Waals surface area (Å²) in [7, 11) is 0. The zero-order chi connectivity index (χ0) is 28.4. The van der Waals surface area contributed by atoms with E-state index in [1.165, 1.54) is 17.8 Å². The zero-order valence-corrected chi connectivity index (χ0v) is 22.4. The highest BCUT2D eigenvalue weighted by molar-refractivity contribution is 6.04. The van der Waals surface area contributed by atoms with Crippen molar-refractivity contribution in [1.82, 2.24) is 10.3 Å². The van der Waals surface area contributed by atoms with E-state index in [1.807, 2.05) is 54.6 Å². The Hall–Kier alpha value is -5.15. The number of anilines is 3. The Kier molecular flexibility index (Phi) is 8.88. The maximum absolute atomic E-state index is 12.9. The number of carbonyl (C=O) groups is 1. The van der Waals surface area contributed by atoms with Gasteiger partial charge in [-0.05, 0) is 29.8 Å². The lowest BCUT2D eigenvalue weighted by molar-refractivity contribution is -0.111. The standard InChI is InChI=1S/C33H29N5O3/c1-2-23-10-6-11-26(16-23)37-33-25(19-34)21-36-29-18-31(41-27-13-15-40-22-27)30(17-28(29)33)38-32(39)12-7-14-35-20-24-8-4-3-5-9-24/h1,3-12,16-18,21,27,35H,13-15,20,22H2,(H,36,37)(H,38,39)/b12-7+. The normalized spacial score (nSPS) is 14.4. The van der Waals surface area contributed by atoms with Crippen molar-refractivity contribution >= 4 is 33.9 Å². The fraction of sp³-hybridized carbons (Fsp3) is 0.182. The second-order valence-corrected chi connectivity index (χ2v) is 9.49. The second-order valence-electron chi connectivity index (χ2n) is 9.49. The molecule has 8 nitrogen and oxygen atoms in total. The highest BCUT2D eigenvalue weighted by atomic mass is 16.5. The third-order valence-corrected chi connectivity index (χ3v) is 6.53. The molecule has 1 aromatic heterocycles. The summed E-state index contributed by atoms with van der Waals surface area (Å²) >= 11 is 0. The van der Waals surface area contributed by atoms with Crippen molar-refractivity contribution in [3.05, 3.63) is 102 Å². The van der Waals surface area contributed by atoms with Gasteiger partial charge in [-0.1, -0.05) is 48.4 Å². The molecule has 1 amide bonds. The Labute approximate surface area is 239 Å². The van der Waals surface area contributed by atoms with Crippen LogP contribution < -0.4 is 20.7 Å². The van der Waals surface area contributed by atoms with Crippen LogP contribution in [0.25, 0.3) is 10.9 Å². The van der Waals surface area contributed by atoms with Crippen LogP contribution in [0.2, 0.25) is 0 Å². The largest absolute Gasteiger partial charge is 0.486 e. The van der Waals surface area contributed by atoms with E-state index in [4.69, 9.17) is 15.9 Å². The Morgan fingerprint density at radius 2 is 2.05 bits per heavy atom. The van der Waals surface area contributed by atoms with Crippen LogP contribution >= 0.6 is 0 Å². The number of ether oxygens (including phenoxy) is 2. The molecule has 204 valence electrons. The first-order chi connectivity index (χ1) is 20.1. The summed E-state index contributed by atoms with van der Waals surface area (Å²) in [5, 5.41) is 20.1. The van der Waals surface area contributed by atoms with Crippen LogP contribution in [-0.4, -0.2) is 36.8 Å². The fourth-order valence-electron chi connectivity index (χ4n) is 4.49. The molecule has 3 N–H and O–H groups in total. The molecule has 1 atom stereocenters. The molecule has 0 spiro atoms.